The van der Waals surface area contributed by atoms with Crippen LogP contribution in [0.1, 0.15) is 72.1 Å². The summed E-state index contributed by atoms with van der Waals surface area (Å²) in [6.07, 6.45) is 7.10. The molecule has 0 heterocycles. The van der Waals surface area contributed by atoms with Crippen LogP contribution in [0.2, 0.25) is 0 Å². The maximum atomic E-state index is 13.0. The number of rotatable bonds is 1. The first kappa shape index (κ1) is 17.5. The van der Waals surface area contributed by atoms with E-state index in [-0.39, 0.29) is 34.9 Å². The van der Waals surface area contributed by atoms with Crippen molar-refractivity contribution in [2.75, 3.05) is 0 Å². The third kappa shape index (κ3) is 2.50. The first-order chi connectivity index (χ1) is 11.8. The summed E-state index contributed by atoms with van der Waals surface area (Å²) in [7, 11) is 0. The molecule has 4 aliphatic carbocycles. The molecule has 0 aromatic heterocycles. The van der Waals surface area contributed by atoms with Gasteiger partial charge in [-0.05, 0) is 68.1 Å². The fraction of sp³-hybridized carbons (Fsp3) is 0.905. The maximum Gasteiger partial charge on any atom is 0.302 e. The zero-order valence-electron chi connectivity index (χ0n) is 15.8. The monoisotopic (exact) mass is 348 g/mol. The van der Waals surface area contributed by atoms with Gasteiger partial charge in [0.15, 0.2) is 0 Å². The quantitative estimate of drug-likeness (QED) is 0.737. The average molecular weight is 348 g/mol. The summed E-state index contributed by atoms with van der Waals surface area (Å²) in [5, 5.41) is 10.1. The Morgan fingerprint density at radius 1 is 1.08 bits per heavy atom. The molecular formula is C21H32O4. The van der Waals surface area contributed by atoms with Crippen molar-refractivity contribution < 1.29 is 19.4 Å². The summed E-state index contributed by atoms with van der Waals surface area (Å²) < 4.78 is 5.68. The SMILES string of the molecule is CC(=O)O[C@H]1CCC2[C@@H]3CC(=O)[C@H]4CC(O)CC[C@]4(C)C3CC[C@@]21C. The van der Waals surface area contributed by atoms with Crippen LogP contribution in [0.3, 0.4) is 0 Å². The summed E-state index contributed by atoms with van der Waals surface area (Å²) in [4.78, 5) is 24.5. The second-order valence-corrected chi connectivity index (χ2v) is 9.75. The lowest BCUT2D eigenvalue weighted by molar-refractivity contribution is -0.169. The predicted molar refractivity (Wildman–Crippen MR) is 93.7 cm³/mol. The van der Waals surface area contributed by atoms with Gasteiger partial charge < -0.3 is 9.84 Å². The van der Waals surface area contributed by atoms with Crippen molar-refractivity contribution >= 4 is 11.8 Å². The molecule has 1 N–H and O–H groups in total. The zero-order chi connectivity index (χ0) is 18.0. The lowest BCUT2D eigenvalue weighted by Crippen LogP contribution is -2.57. The van der Waals surface area contributed by atoms with E-state index in [0.717, 1.165) is 38.5 Å². The van der Waals surface area contributed by atoms with Gasteiger partial charge >= 0.3 is 5.97 Å². The van der Waals surface area contributed by atoms with E-state index in [4.69, 9.17) is 4.74 Å². The van der Waals surface area contributed by atoms with Gasteiger partial charge in [-0.15, -0.1) is 0 Å². The Hall–Kier alpha value is -0.900. The van der Waals surface area contributed by atoms with Gasteiger partial charge in [-0.25, -0.2) is 0 Å². The minimum atomic E-state index is -0.299. The Morgan fingerprint density at radius 2 is 1.76 bits per heavy atom. The third-order valence-electron chi connectivity index (χ3n) is 8.65. The summed E-state index contributed by atoms with van der Waals surface area (Å²) in [5.41, 5.74) is 0.0879. The normalized spacial score (nSPS) is 52.1. The van der Waals surface area contributed by atoms with Crippen LogP contribution >= 0.6 is 0 Å². The number of fused-ring (bicyclic) bond motifs is 5. The molecule has 4 heteroatoms. The van der Waals surface area contributed by atoms with Crippen molar-refractivity contribution in [2.45, 2.75) is 84.3 Å². The Balaban J connectivity index is 1.62. The number of aliphatic hydroxyl groups is 1. The number of Topliss-reactive ketones (excluding diaryl/α,β-unsaturated/α-hetero) is 1. The summed E-state index contributed by atoms with van der Waals surface area (Å²) >= 11 is 0. The van der Waals surface area contributed by atoms with E-state index in [1.165, 1.54) is 6.92 Å². The highest BCUT2D eigenvalue weighted by molar-refractivity contribution is 5.83. The third-order valence-corrected chi connectivity index (χ3v) is 8.65. The topological polar surface area (TPSA) is 63.6 Å². The van der Waals surface area contributed by atoms with E-state index in [2.05, 4.69) is 13.8 Å². The zero-order valence-corrected chi connectivity index (χ0v) is 15.8. The fourth-order valence-corrected chi connectivity index (χ4v) is 7.37. The van der Waals surface area contributed by atoms with Gasteiger partial charge in [0.05, 0.1) is 6.10 Å². The molecule has 0 saturated heterocycles. The van der Waals surface area contributed by atoms with Crippen molar-refractivity contribution in [3.05, 3.63) is 0 Å². The van der Waals surface area contributed by atoms with Crippen molar-refractivity contribution in [2.24, 2.45) is 34.5 Å². The molecule has 140 valence electrons. The van der Waals surface area contributed by atoms with E-state index in [1.807, 2.05) is 0 Å². The molecule has 0 aromatic rings. The Morgan fingerprint density at radius 3 is 2.48 bits per heavy atom. The van der Waals surface area contributed by atoms with Gasteiger partial charge in [0, 0.05) is 24.7 Å². The van der Waals surface area contributed by atoms with Gasteiger partial charge in [0.1, 0.15) is 11.9 Å². The van der Waals surface area contributed by atoms with Crippen LogP contribution < -0.4 is 0 Å². The molecule has 4 nitrogen and oxygen atoms in total. The number of aliphatic hydroxyl groups excluding tert-OH is 1. The molecule has 0 spiro atoms. The van der Waals surface area contributed by atoms with Crippen molar-refractivity contribution in [1.29, 1.82) is 0 Å². The van der Waals surface area contributed by atoms with E-state index < -0.39 is 0 Å². The van der Waals surface area contributed by atoms with Gasteiger partial charge in [-0.1, -0.05) is 13.8 Å². The summed E-state index contributed by atoms with van der Waals surface area (Å²) in [5.74, 6) is 1.75. The summed E-state index contributed by atoms with van der Waals surface area (Å²) in [6, 6.07) is 0. The highest BCUT2D eigenvalue weighted by Crippen LogP contribution is 2.65. The number of hydrogen-bond donors (Lipinski definition) is 1. The lowest BCUT2D eigenvalue weighted by Gasteiger charge is -2.59. The van der Waals surface area contributed by atoms with Crippen LogP contribution in [0.15, 0.2) is 0 Å². The molecule has 4 fully saturated rings. The molecule has 4 rings (SSSR count). The number of carbonyl (C=O) groups excluding carboxylic acids is 2. The molecule has 0 bridgehead atoms. The molecular weight excluding hydrogens is 316 g/mol. The molecule has 0 radical (unpaired) electrons. The van der Waals surface area contributed by atoms with E-state index >= 15 is 0 Å². The number of ether oxygens (including phenoxy) is 1. The Labute approximate surface area is 150 Å². The van der Waals surface area contributed by atoms with Crippen molar-refractivity contribution in [1.82, 2.24) is 0 Å². The number of carbonyl (C=O) groups is 2. The van der Waals surface area contributed by atoms with Crippen molar-refractivity contribution in [3.8, 4) is 0 Å². The van der Waals surface area contributed by atoms with Gasteiger partial charge in [0.2, 0.25) is 0 Å². The molecule has 8 atom stereocenters. The average Bonchev–Trinajstić information content (AvgIpc) is 2.86. The Kier molecular flexibility index (Phi) is 4.06. The fourth-order valence-electron chi connectivity index (χ4n) is 7.37. The van der Waals surface area contributed by atoms with Crippen LogP contribution in [0, 0.1) is 34.5 Å². The van der Waals surface area contributed by atoms with E-state index in [0.29, 0.717) is 36.4 Å². The molecule has 3 unspecified atom stereocenters. The minimum Gasteiger partial charge on any atom is -0.462 e. The molecule has 25 heavy (non-hydrogen) atoms. The second kappa shape index (κ2) is 5.80. The van der Waals surface area contributed by atoms with Crippen LogP contribution in [0.25, 0.3) is 0 Å². The van der Waals surface area contributed by atoms with Crippen LogP contribution in [0.4, 0.5) is 0 Å². The predicted octanol–water partition coefficient (Wildman–Crippen LogP) is 3.50. The second-order valence-electron chi connectivity index (χ2n) is 9.75. The lowest BCUT2D eigenvalue weighted by atomic mass is 9.45. The summed E-state index contributed by atoms with van der Waals surface area (Å²) in [6.45, 7) is 6.11. The maximum absolute atomic E-state index is 13.0. The number of esters is 1. The number of hydrogen-bond acceptors (Lipinski definition) is 4. The Bertz CT molecular complexity index is 586. The molecule has 0 aliphatic heterocycles. The molecule has 0 aromatic carbocycles. The van der Waals surface area contributed by atoms with Crippen LogP contribution in [-0.4, -0.2) is 29.1 Å². The van der Waals surface area contributed by atoms with Crippen LogP contribution in [-0.2, 0) is 14.3 Å². The molecule has 4 saturated carbocycles. The molecule has 0 amide bonds. The largest absolute Gasteiger partial charge is 0.462 e. The number of ketones is 1. The first-order valence-electron chi connectivity index (χ1n) is 10.1. The van der Waals surface area contributed by atoms with E-state index in [9.17, 15) is 14.7 Å². The smallest absolute Gasteiger partial charge is 0.302 e. The van der Waals surface area contributed by atoms with Gasteiger partial charge in [0.25, 0.3) is 0 Å². The van der Waals surface area contributed by atoms with Gasteiger partial charge in [-0.3, -0.25) is 9.59 Å². The molecule has 4 aliphatic rings. The van der Waals surface area contributed by atoms with Crippen LogP contribution in [0.5, 0.6) is 0 Å². The first-order valence-corrected chi connectivity index (χ1v) is 10.1. The van der Waals surface area contributed by atoms with Gasteiger partial charge in [-0.2, -0.15) is 0 Å². The highest BCUT2D eigenvalue weighted by Gasteiger charge is 2.62. The minimum absolute atomic E-state index is 0.0183. The highest BCUT2D eigenvalue weighted by atomic mass is 16.5. The van der Waals surface area contributed by atoms with Crippen molar-refractivity contribution in [3.63, 3.8) is 0 Å². The van der Waals surface area contributed by atoms with E-state index in [1.54, 1.807) is 0 Å². The standard InChI is InChI=1S/C21H32O4/c1-12(22)25-19-5-4-15-14-11-18(24)17-10-13(23)6-8-20(17,2)16(14)7-9-21(15,19)3/h13-17,19,23H,4-11H2,1-3H3/t13?,14-,15?,16?,17+,19-,20+,21-/m0/s1.